The van der Waals surface area contributed by atoms with Crippen LogP contribution in [-0.2, 0) is 0 Å². The molecule has 35 heavy (non-hydrogen) atoms. The van der Waals surface area contributed by atoms with Crippen molar-refractivity contribution in [1.29, 1.82) is 0 Å². The first-order chi connectivity index (χ1) is 16.8. The van der Waals surface area contributed by atoms with E-state index in [4.69, 9.17) is 0 Å². The summed E-state index contributed by atoms with van der Waals surface area (Å²) in [6, 6.07) is 31.8. The van der Waals surface area contributed by atoms with E-state index in [2.05, 4.69) is 136 Å². The highest BCUT2D eigenvalue weighted by Gasteiger charge is 2.43. The molecule has 0 amide bonds. The van der Waals surface area contributed by atoms with Crippen LogP contribution < -0.4 is 9.80 Å². The van der Waals surface area contributed by atoms with E-state index in [1.807, 2.05) is 0 Å². The van der Waals surface area contributed by atoms with Gasteiger partial charge in [-0.05, 0) is 74.9 Å². The standard InChI is InChI=1S/C33H36N2/c1-22-17-24(3)30(25(4)18-22)34-21-35(31-26(5)19-23(2)20-27(31)6)33(29-15-11-8-12-16-29)32(34)28-13-9-7-10-14-28/h7-20,32-33H,21H2,1-6H3/t32-,33-/m1/s1. The van der Waals surface area contributed by atoms with E-state index in [-0.39, 0.29) is 12.1 Å². The molecule has 0 aromatic heterocycles. The van der Waals surface area contributed by atoms with E-state index in [1.165, 1.54) is 55.9 Å². The lowest BCUT2D eigenvalue weighted by molar-refractivity contribution is 0.616. The Morgan fingerprint density at radius 2 is 0.800 bits per heavy atom. The molecule has 0 saturated carbocycles. The third-order valence-corrected chi connectivity index (χ3v) is 7.40. The summed E-state index contributed by atoms with van der Waals surface area (Å²) in [5.41, 5.74) is 13.4. The lowest BCUT2D eigenvalue weighted by Crippen LogP contribution is -2.28. The fraction of sp³-hybridized carbons (Fsp3) is 0.273. The summed E-state index contributed by atoms with van der Waals surface area (Å²) < 4.78 is 0. The predicted molar refractivity (Wildman–Crippen MR) is 149 cm³/mol. The van der Waals surface area contributed by atoms with Crippen molar-refractivity contribution in [3.05, 3.63) is 129 Å². The lowest BCUT2D eigenvalue weighted by Gasteiger charge is -2.32. The Balaban J connectivity index is 1.78. The predicted octanol–water partition coefficient (Wildman–Crippen LogP) is 8.30. The average Bonchev–Trinajstić information content (AvgIpc) is 3.18. The zero-order valence-corrected chi connectivity index (χ0v) is 21.8. The van der Waals surface area contributed by atoms with Crippen LogP contribution in [0.4, 0.5) is 11.4 Å². The highest BCUT2D eigenvalue weighted by Crippen LogP contribution is 2.50. The first kappa shape index (κ1) is 23.2. The maximum absolute atomic E-state index is 2.65. The Morgan fingerprint density at radius 3 is 1.11 bits per heavy atom. The molecular formula is C33H36N2. The Hall–Kier alpha value is -3.52. The van der Waals surface area contributed by atoms with Gasteiger partial charge in [-0.15, -0.1) is 0 Å². The van der Waals surface area contributed by atoms with Gasteiger partial charge in [0, 0.05) is 11.4 Å². The molecule has 1 fully saturated rings. The first-order valence-electron chi connectivity index (χ1n) is 12.6. The van der Waals surface area contributed by atoms with Crippen LogP contribution in [0.1, 0.15) is 56.6 Å². The third-order valence-electron chi connectivity index (χ3n) is 7.40. The molecule has 4 aromatic carbocycles. The summed E-state index contributed by atoms with van der Waals surface area (Å²) in [5.74, 6) is 0. The van der Waals surface area contributed by atoms with Gasteiger partial charge >= 0.3 is 0 Å². The van der Waals surface area contributed by atoms with Gasteiger partial charge in [-0.25, -0.2) is 0 Å². The molecule has 178 valence electrons. The van der Waals surface area contributed by atoms with Crippen molar-refractivity contribution in [3.63, 3.8) is 0 Å². The van der Waals surface area contributed by atoms with Gasteiger partial charge in [0.15, 0.2) is 0 Å². The molecule has 1 aliphatic rings. The minimum Gasteiger partial charge on any atom is -0.344 e. The van der Waals surface area contributed by atoms with E-state index < -0.39 is 0 Å². The van der Waals surface area contributed by atoms with E-state index >= 15 is 0 Å². The number of benzene rings is 4. The largest absolute Gasteiger partial charge is 0.344 e. The second kappa shape index (κ2) is 9.26. The topological polar surface area (TPSA) is 6.48 Å². The van der Waals surface area contributed by atoms with E-state index in [0.717, 1.165) is 6.67 Å². The third kappa shape index (κ3) is 4.23. The molecule has 0 spiro atoms. The zero-order chi connectivity index (χ0) is 24.7. The van der Waals surface area contributed by atoms with Gasteiger partial charge in [-0.3, -0.25) is 0 Å². The number of nitrogens with zero attached hydrogens (tertiary/aromatic N) is 2. The second-order valence-electron chi connectivity index (χ2n) is 10.3. The number of hydrogen-bond acceptors (Lipinski definition) is 2. The van der Waals surface area contributed by atoms with Crippen LogP contribution in [0.3, 0.4) is 0 Å². The maximum Gasteiger partial charge on any atom is 0.0917 e. The summed E-state index contributed by atoms with van der Waals surface area (Å²) in [5, 5.41) is 0. The fourth-order valence-electron chi connectivity index (χ4n) is 6.38. The number of aryl methyl sites for hydroxylation is 6. The van der Waals surface area contributed by atoms with Crippen LogP contribution in [-0.4, -0.2) is 6.67 Å². The Morgan fingerprint density at radius 1 is 0.486 bits per heavy atom. The Bertz CT molecular complexity index is 1190. The van der Waals surface area contributed by atoms with Gasteiger partial charge in [0.25, 0.3) is 0 Å². The molecule has 1 heterocycles. The van der Waals surface area contributed by atoms with Crippen LogP contribution >= 0.6 is 0 Å². The van der Waals surface area contributed by atoms with Crippen LogP contribution in [0.2, 0.25) is 0 Å². The summed E-state index contributed by atoms with van der Waals surface area (Å²) in [7, 11) is 0. The van der Waals surface area contributed by atoms with Crippen molar-refractivity contribution in [2.24, 2.45) is 0 Å². The van der Waals surface area contributed by atoms with Crippen molar-refractivity contribution in [1.82, 2.24) is 0 Å². The summed E-state index contributed by atoms with van der Waals surface area (Å²) in [6.45, 7) is 14.3. The smallest absolute Gasteiger partial charge is 0.0917 e. The van der Waals surface area contributed by atoms with Gasteiger partial charge in [-0.2, -0.15) is 0 Å². The van der Waals surface area contributed by atoms with Crippen LogP contribution in [0, 0.1) is 41.5 Å². The molecule has 2 atom stereocenters. The minimum atomic E-state index is 0.193. The van der Waals surface area contributed by atoms with Crippen molar-refractivity contribution in [2.45, 2.75) is 53.6 Å². The molecular weight excluding hydrogens is 424 g/mol. The maximum atomic E-state index is 2.65. The van der Waals surface area contributed by atoms with Crippen LogP contribution in [0.25, 0.3) is 0 Å². The minimum absolute atomic E-state index is 0.193. The van der Waals surface area contributed by atoms with Crippen LogP contribution in [0.5, 0.6) is 0 Å². The first-order valence-corrected chi connectivity index (χ1v) is 12.6. The van der Waals surface area contributed by atoms with Gasteiger partial charge in [-0.1, -0.05) is 96.1 Å². The molecule has 2 heteroatoms. The zero-order valence-electron chi connectivity index (χ0n) is 21.8. The van der Waals surface area contributed by atoms with E-state index in [1.54, 1.807) is 0 Å². The number of hydrogen-bond donors (Lipinski definition) is 0. The van der Waals surface area contributed by atoms with Gasteiger partial charge in [0.1, 0.15) is 0 Å². The molecule has 1 aliphatic heterocycles. The quantitative estimate of drug-likeness (QED) is 0.302. The monoisotopic (exact) mass is 460 g/mol. The van der Waals surface area contributed by atoms with Gasteiger partial charge in [0.2, 0.25) is 0 Å². The molecule has 0 bridgehead atoms. The molecule has 1 saturated heterocycles. The normalized spacial score (nSPS) is 17.8. The van der Waals surface area contributed by atoms with Crippen molar-refractivity contribution in [2.75, 3.05) is 16.5 Å². The number of rotatable bonds is 4. The SMILES string of the molecule is Cc1cc(C)c(N2CN(c3c(C)cc(C)cc3C)[C@H](c3ccccc3)[C@H]2c2ccccc2)c(C)c1. The Labute approximate surface area is 210 Å². The van der Waals surface area contributed by atoms with Crippen molar-refractivity contribution in [3.8, 4) is 0 Å². The highest BCUT2D eigenvalue weighted by atomic mass is 15.4. The second-order valence-corrected chi connectivity index (χ2v) is 10.3. The Kier molecular flexibility index (Phi) is 6.15. The van der Waals surface area contributed by atoms with Crippen LogP contribution in [0.15, 0.2) is 84.9 Å². The average molecular weight is 461 g/mol. The highest BCUT2D eigenvalue weighted by molar-refractivity contribution is 5.69. The van der Waals surface area contributed by atoms with Gasteiger partial charge in [0.05, 0.1) is 18.8 Å². The molecule has 5 rings (SSSR count). The lowest BCUT2D eigenvalue weighted by atomic mass is 9.91. The van der Waals surface area contributed by atoms with Gasteiger partial charge < -0.3 is 9.80 Å². The molecule has 0 radical (unpaired) electrons. The summed E-state index contributed by atoms with van der Waals surface area (Å²) in [4.78, 5) is 5.30. The molecule has 0 aliphatic carbocycles. The summed E-state index contributed by atoms with van der Waals surface area (Å²) >= 11 is 0. The summed E-state index contributed by atoms with van der Waals surface area (Å²) in [6.07, 6.45) is 0. The molecule has 0 unspecified atom stereocenters. The fourth-order valence-corrected chi connectivity index (χ4v) is 6.38. The number of anilines is 2. The van der Waals surface area contributed by atoms with Crippen molar-refractivity contribution >= 4 is 11.4 Å². The molecule has 4 aromatic rings. The van der Waals surface area contributed by atoms with E-state index in [0.29, 0.717) is 0 Å². The van der Waals surface area contributed by atoms with E-state index in [9.17, 15) is 0 Å². The van der Waals surface area contributed by atoms with Crippen molar-refractivity contribution < 1.29 is 0 Å². The molecule has 0 N–H and O–H groups in total. The molecule has 2 nitrogen and oxygen atoms in total.